The third kappa shape index (κ3) is 1.77. The second kappa shape index (κ2) is 3.58. The van der Waals surface area contributed by atoms with Crippen LogP contribution in [0, 0.1) is 0 Å². The van der Waals surface area contributed by atoms with E-state index in [0.29, 0.717) is 23.1 Å². The van der Waals surface area contributed by atoms with E-state index < -0.39 is 0 Å². The van der Waals surface area contributed by atoms with Crippen molar-refractivity contribution in [3.05, 3.63) is 22.7 Å². The van der Waals surface area contributed by atoms with Crippen LogP contribution < -0.4 is 9.47 Å². The summed E-state index contributed by atoms with van der Waals surface area (Å²) in [4.78, 5) is 0. The van der Waals surface area contributed by atoms with Crippen molar-refractivity contribution in [2.24, 2.45) is 0 Å². The Hall–Kier alpha value is -0.930. The van der Waals surface area contributed by atoms with Crippen molar-refractivity contribution in [2.75, 3.05) is 20.8 Å². The molecule has 1 atom stereocenters. The summed E-state index contributed by atoms with van der Waals surface area (Å²) in [6.45, 7) is 2.69. The van der Waals surface area contributed by atoms with Crippen LogP contribution in [-0.2, 0) is 10.3 Å². The first-order chi connectivity index (χ1) is 7.10. The minimum absolute atomic E-state index is 0.274. The largest absolute Gasteiger partial charge is 0.493 e. The zero-order chi connectivity index (χ0) is 11.1. The molecule has 1 fully saturated rings. The van der Waals surface area contributed by atoms with E-state index >= 15 is 0 Å². The predicted molar refractivity (Wildman–Crippen MR) is 57.9 cm³/mol. The van der Waals surface area contributed by atoms with E-state index in [1.165, 1.54) is 0 Å². The molecule has 1 aromatic carbocycles. The highest BCUT2D eigenvalue weighted by Crippen LogP contribution is 2.47. The maximum atomic E-state index is 6.00. The SMILES string of the molecule is COc1cc(Cl)cc(C2(C)CO2)c1OC. The number of hydrogen-bond donors (Lipinski definition) is 0. The number of epoxide rings is 1. The first kappa shape index (κ1) is 10.6. The van der Waals surface area contributed by atoms with Crippen molar-refractivity contribution in [3.8, 4) is 11.5 Å². The second-order valence-corrected chi connectivity index (χ2v) is 4.14. The molecule has 82 valence electrons. The Bertz CT molecular complexity index is 386. The van der Waals surface area contributed by atoms with E-state index in [1.807, 2.05) is 13.0 Å². The maximum absolute atomic E-state index is 6.00. The van der Waals surface area contributed by atoms with E-state index in [-0.39, 0.29) is 5.60 Å². The standard InChI is InChI=1S/C11H13ClO3/c1-11(6-15-11)8-4-7(12)5-9(13-2)10(8)14-3/h4-5H,6H2,1-3H3. The molecule has 4 heteroatoms. The van der Waals surface area contributed by atoms with Crippen LogP contribution in [-0.4, -0.2) is 20.8 Å². The molecule has 0 spiro atoms. The third-order valence-corrected chi connectivity index (χ3v) is 2.81. The number of rotatable bonds is 3. The van der Waals surface area contributed by atoms with E-state index in [0.717, 1.165) is 5.56 Å². The summed E-state index contributed by atoms with van der Waals surface area (Å²) in [5.74, 6) is 1.33. The van der Waals surface area contributed by atoms with Crippen LogP contribution in [0.2, 0.25) is 5.02 Å². The van der Waals surface area contributed by atoms with Gasteiger partial charge in [0, 0.05) is 16.7 Å². The fourth-order valence-electron chi connectivity index (χ4n) is 1.59. The third-order valence-electron chi connectivity index (χ3n) is 2.59. The molecule has 1 saturated heterocycles. The summed E-state index contributed by atoms with van der Waals surface area (Å²) >= 11 is 6.00. The summed E-state index contributed by atoms with van der Waals surface area (Å²) in [7, 11) is 3.20. The molecule has 1 unspecified atom stereocenters. The second-order valence-electron chi connectivity index (χ2n) is 3.71. The lowest BCUT2D eigenvalue weighted by atomic mass is 10.0. The number of hydrogen-bond acceptors (Lipinski definition) is 3. The van der Waals surface area contributed by atoms with Gasteiger partial charge in [0.25, 0.3) is 0 Å². The summed E-state index contributed by atoms with van der Waals surface area (Å²) in [6.07, 6.45) is 0. The van der Waals surface area contributed by atoms with Gasteiger partial charge in [-0.1, -0.05) is 11.6 Å². The van der Waals surface area contributed by atoms with Gasteiger partial charge in [-0.15, -0.1) is 0 Å². The average molecular weight is 229 g/mol. The van der Waals surface area contributed by atoms with Crippen LogP contribution >= 0.6 is 11.6 Å². The Morgan fingerprint density at radius 1 is 1.33 bits per heavy atom. The van der Waals surface area contributed by atoms with Gasteiger partial charge in [0.1, 0.15) is 5.60 Å². The van der Waals surface area contributed by atoms with Crippen LogP contribution in [0.15, 0.2) is 12.1 Å². The van der Waals surface area contributed by atoms with Gasteiger partial charge in [0.2, 0.25) is 0 Å². The predicted octanol–water partition coefficient (Wildman–Crippen LogP) is 2.60. The molecule has 0 N–H and O–H groups in total. The van der Waals surface area contributed by atoms with Crippen LogP contribution in [0.3, 0.4) is 0 Å². The monoisotopic (exact) mass is 228 g/mol. The summed E-state index contributed by atoms with van der Waals surface area (Å²) < 4.78 is 15.9. The molecule has 15 heavy (non-hydrogen) atoms. The minimum Gasteiger partial charge on any atom is -0.493 e. The Morgan fingerprint density at radius 2 is 2.00 bits per heavy atom. The highest BCUT2D eigenvalue weighted by Gasteiger charge is 2.44. The molecule has 1 aliphatic heterocycles. The molecule has 1 aromatic rings. The van der Waals surface area contributed by atoms with Gasteiger partial charge < -0.3 is 14.2 Å². The minimum atomic E-state index is -0.274. The molecule has 3 nitrogen and oxygen atoms in total. The lowest BCUT2D eigenvalue weighted by Gasteiger charge is -2.15. The molecule has 1 heterocycles. The van der Waals surface area contributed by atoms with Crippen molar-refractivity contribution in [1.82, 2.24) is 0 Å². The zero-order valence-electron chi connectivity index (χ0n) is 8.96. The molecule has 0 aliphatic carbocycles. The lowest BCUT2D eigenvalue weighted by molar-refractivity contribution is 0.306. The maximum Gasteiger partial charge on any atom is 0.166 e. The Balaban J connectivity index is 2.56. The van der Waals surface area contributed by atoms with Crippen molar-refractivity contribution in [1.29, 1.82) is 0 Å². The van der Waals surface area contributed by atoms with E-state index in [9.17, 15) is 0 Å². The molecule has 2 rings (SSSR count). The first-order valence-corrected chi connectivity index (χ1v) is 5.04. The van der Waals surface area contributed by atoms with Gasteiger partial charge in [-0.2, -0.15) is 0 Å². The van der Waals surface area contributed by atoms with Crippen molar-refractivity contribution < 1.29 is 14.2 Å². The van der Waals surface area contributed by atoms with Gasteiger partial charge in [0.15, 0.2) is 11.5 Å². The zero-order valence-corrected chi connectivity index (χ0v) is 9.72. The number of ether oxygens (including phenoxy) is 3. The quantitative estimate of drug-likeness (QED) is 0.746. The van der Waals surface area contributed by atoms with E-state index in [4.69, 9.17) is 25.8 Å². The Kier molecular flexibility index (Phi) is 2.52. The summed E-state index contributed by atoms with van der Waals surface area (Å²) in [5.41, 5.74) is 0.665. The van der Waals surface area contributed by atoms with Crippen LogP contribution in [0.1, 0.15) is 12.5 Å². The average Bonchev–Trinajstić information content (AvgIpc) is 2.96. The summed E-state index contributed by atoms with van der Waals surface area (Å²) in [5, 5.41) is 0.624. The Labute approximate surface area is 93.9 Å². The van der Waals surface area contributed by atoms with Crippen molar-refractivity contribution in [3.63, 3.8) is 0 Å². The van der Waals surface area contributed by atoms with E-state index in [2.05, 4.69) is 0 Å². The molecule has 1 aliphatic rings. The highest BCUT2D eigenvalue weighted by atomic mass is 35.5. The first-order valence-electron chi connectivity index (χ1n) is 4.66. The molecular weight excluding hydrogens is 216 g/mol. The van der Waals surface area contributed by atoms with Gasteiger partial charge in [0.05, 0.1) is 20.8 Å². The fourth-order valence-corrected chi connectivity index (χ4v) is 1.80. The molecule has 0 saturated carbocycles. The molecule has 0 radical (unpaired) electrons. The Morgan fingerprint density at radius 3 is 2.47 bits per heavy atom. The number of methoxy groups -OCH3 is 2. The smallest absolute Gasteiger partial charge is 0.166 e. The van der Waals surface area contributed by atoms with Gasteiger partial charge >= 0.3 is 0 Å². The van der Waals surface area contributed by atoms with Crippen LogP contribution in [0.5, 0.6) is 11.5 Å². The summed E-state index contributed by atoms with van der Waals surface area (Å²) in [6, 6.07) is 3.59. The number of halogens is 1. The molecule has 0 amide bonds. The molecule has 0 bridgehead atoms. The normalized spacial score (nSPS) is 23.7. The van der Waals surface area contributed by atoms with E-state index in [1.54, 1.807) is 20.3 Å². The topological polar surface area (TPSA) is 31.0 Å². The fraction of sp³-hybridized carbons (Fsp3) is 0.455. The molecular formula is C11H13ClO3. The van der Waals surface area contributed by atoms with Gasteiger partial charge in [-0.05, 0) is 13.0 Å². The highest BCUT2D eigenvalue weighted by molar-refractivity contribution is 6.30. The number of benzene rings is 1. The van der Waals surface area contributed by atoms with Gasteiger partial charge in [-0.25, -0.2) is 0 Å². The van der Waals surface area contributed by atoms with Crippen molar-refractivity contribution >= 4 is 11.6 Å². The molecule has 0 aromatic heterocycles. The lowest BCUT2D eigenvalue weighted by Crippen LogP contribution is -2.06. The van der Waals surface area contributed by atoms with Crippen molar-refractivity contribution in [2.45, 2.75) is 12.5 Å². The van der Waals surface area contributed by atoms with Crippen LogP contribution in [0.4, 0.5) is 0 Å². The van der Waals surface area contributed by atoms with Gasteiger partial charge in [-0.3, -0.25) is 0 Å². The van der Waals surface area contributed by atoms with Crippen LogP contribution in [0.25, 0.3) is 0 Å².